The van der Waals surface area contributed by atoms with Crippen LogP contribution in [0, 0.1) is 5.82 Å². The fraction of sp³-hybridized carbons (Fsp3) is 0.400. The van der Waals surface area contributed by atoms with Crippen LogP contribution >= 0.6 is 0 Å². The van der Waals surface area contributed by atoms with E-state index in [-0.39, 0.29) is 29.5 Å². The van der Waals surface area contributed by atoms with Crippen LogP contribution in [0.1, 0.15) is 18.6 Å². The number of aliphatic hydroxyl groups excluding tert-OH is 1. The van der Waals surface area contributed by atoms with Gasteiger partial charge in [-0.15, -0.1) is 0 Å². The summed E-state index contributed by atoms with van der Waals surface area (Å²) in [5.74, 6) is -0.0485. The lowest BCUT2D eigenvalue weighted by atomic mass is 10.1. The number of hydrogen-bond acceptors (Lipinski definition) is 8. The first-order chi connectivity index (χ1) is 17.0. The van der Waals surface area contributed by atoms with E-state index in [0.29, 0.717) is 38.9 Å². The van der Waals surface area contributed by atoms with E-state index in [9.17, 15) is 9.18 Å². The molecule has 9 nitrogen and oxygen atoms in total. The number of nitrogens with zero attached hydrogens (tertiary/aromatic N) is 5. The van der Waals surface area contributed by atoms with Crippen LogP contribution < -0.4 is 20.7 Å². The van der Waals surface area contributed by atoms with Crippen LogP contribution in [0.2, 0.25) is 0 Å². The third kappa shape index (κ3) is 5.67. The highest BCUT2D eigenvalue weighted by atomic mass is 19.1. The Kier molecular flexibility index (Phi) is 8.06. The molecule has 0 radical (unpaired) electrons. The van der Waals surface area contributed by atoms with E-state index >= 15 is 0 Å². The van der Waals surface area contributed by atoms with Crippen molar-refractivity contribution in [2.24, 2.45) is 7.05 Å². The number of morpholine rings is 1. The van der Waals surface area contributed by atoms with Crippen LogP contribution in [0.5, 0.6) is 0 Å². The quantitative estimate of drug-likeness (QED) is 0.353. The molecule has 2 aromatic heterocycles. The highest BCUT2D eigenvalue weighted by molar-refractivity contribution is 5.60. The molecule has 3 aromatic rings. The number of rotatable bonds is 9. The van der Waals surface area contributed by atoms with E-state index in [4.69, 9.17) is 9.84 Å². The van der Waals surface area contributed by atoms with Crippen molar-refractivity contribution in [3.05, 3.63) is 70.5 Å². The largest absolute Gasteiger partial charge is 0.395 e. The maximum atomic E-state index is 14.3. The molecule has 3 heterocycles. The molecular weight excluding hydrogens is 451 g/mol. The van der Waals surface area contributed by atoms with Gasteiger partial charge in [-0.2, -0.15) is 0 Å². The lowest BCUT2D eigenvalue weighted by Crippen LogP contribution is -2.41. The fourth-order valence-corrected chi connectivity index (χ4v) is 4.14. The summed E-state index contributed by atoms with van der Waals surface area (Å²) < 4.78 is 21.8. The number of aromatic nitrogens is 3. The summed E-state index contributed by atoms with van der Waals surface area (Å²) in [6.45, 7) is 5.77. The Labute approximate surface area is 203 Å². The zero-order chi connectivity index (χ0) is 24.8. The SMILES string of the molecule is CCN(CNCCO)c1ccc(C2CN(c3nc(-c4ccncc4F)cc(=O)n3C)CCO2)cc1. The Morgan fingerprint density at radius 2 is 2.09 bits per heavy atom. The molecule has 1 unspecified atom stereocenters. The third-order valence-corrected chi connectivity index (χ3v) is 6.11. The molecule has 0 bridgehead atoms. The molecule has 1 aromatic carbocycles. The van der Waals surface area contributed by atoms with Gasteiger partial charge in [0.05, 0.1) is 38.3 Å². The van der Waals surface area contributed by atoms with E-state index in [1.165, 1.54) is 22.9 Å². The summed E-state index contributed by atoms with van der Waals surface area (Å²) in [5, 5.41) is 12.2. The number of benzene rings is 1. The summed E-state index contributed by atoms with van der Waals surface area (Å²) in [6.07, 6.45) is 2.40. The van der Waals surface area contributed by atoms with Crippen molar-refractivity contribution in [1.82, 2.24) is 19.9 Å². The van der Waals surface area contributed by atoms with Crippen LogP contribution in [-0.4, -0.2) is 65.7 Å². The summed E-state index contributed by atoms with van der Waals surface area (Å²) in [7, 11) is 1.67. The van der Waals surface area contributed by atoms with Crippen LogP contribution in [-0.2, 0) is 11.8 Å². The van der Waals surface area contributed by atoms with Crippen molar-refractivity contribution in [2.75, 3.05) is 55.9 Å². The molecule has 1 saturated heterocycles. The average Bonchev–Trinajstić information content (AvgIpc) is 2.89. The van der Waals surface area contributed by atoms with Crippen molar-refractivity contribution in [3.8, 4) is 11.3 Å². The molecular formula is C25H31FN6O3. The van der Waals surface area contributed by atoms with Gasteiger partial charge in [-0.25, -0.2) is 9.37 Å². The van der Waals surface area contributed by atoms with Gasteiger partial charge in [0.25, 0.3) is 5.56 Å². The molecule has 0 saturated carbocycles. The lowest BCUT2D eigenvalue weighted by molar-refractivity contribution is 0.0390. The number of pyridine rings is 1. The molecule has 1 aliphatic rings. The van der Waals surface area contributed by atoms with Gasteiger partial charge >= 0.3 is 0 Å². The van der Waals surface area contributed by atoms with Gasteiger partial charge in [0.15, 0.2) is 5.82 Å². The van der Waals surface area contributed by atoms with Crippen LogP contribution in [0.4, 0.5) is 16.0 Å². The Balaban J connectivity index is 1.54. The van der Waals surface area contributed by atoms with E-state index in [1.807, 2.05) is 17.0 Å². The van der Waals surface area contributed by atoms with Crippen molar-refractivity contribution >= 4 is 11.6 Å². The van der Waals surface area contributed by atoms with Gasteiger partial charge < -0.3 is 19.6 Å². The summed E-state index contributed by atoms with van der Waals surface area (Å²) in [4.78, 5) is 25.3. The second-order valence-electron chi connectivity index (χ2n) is 8.33. The monoisotopic (exact) mass is 482 g/mol. The number of halogens is 1. The molecule has 1 aliphatic heterocycles. The first kappa shape index (κ1) is 24.8. The van der Waals surface area contributed by atoms with Gasteiger partial charge in [0.1, 0.15) is 6.10 Å². The number of nitrogens with one attached hydrogen (secondary N) is 1. The van der Waals surface area contributed by atoms with Crippen molar-refractivity contribution in [2.45, 2.75) is 13.0 Å². The zero-order valence-corrected chi connectivity index (χ0v) is 20.0. The second kappa shape index (κ2) is 11.4. The standard InChI is InChI=1S/C25H31FN6O3/c1-3-31(17-28-10-12-33)19-6-4-18(5-7-19)23-16-32(11-13-35-23)25-29-22(14-24(34)30(25)2)20-8-9-27-15-21(20)26/h4-9,14-15,23,28,33H,3,10-13,16-17H2,1-2H3. The average molecular weight is 483 g/mol. The smallest absolute Gasteiger partial charge is 0.255 e. The number of hydrogen-bond donors (Lipinski definition) is 2. The zero-order valence-electron chi connectivity index (χ0n) is 20.0. The van der Waals surface area contributed by atoms with E-state index in [2.05, 4.69) is 39.2 Å². The lowest BCUT2D eigenvalue weighted by Gasteiger charge is -2.35. The molecule has 35 heavy (non-hydrogen) atoms. The normalized spacial score (nSPS) is 15.9. The van der Waals surface area contributed by atoms with Crippen molar-refractivity contribution in [3.63, 3.8) is 0 Å². The Morgan fingerprint density at radius 3 is 2.80 bits per heavy atom. The maximum Gasteiger partial charge on any atom is 0.255 e. The minimum absolute atomic E-state index is 0.104. The summed E-state index contributed by atoms with van der Waals surface area (Å²) >= 11 is 0. The van der Waals surface area contributed by atoms with Crippen LogP contribution in [0.15, 0.2) is 53.6 Å². The first-order valence-electron chi connectivity index (χ1n) is 11.7. The van der Waals surface area contributed by atoms with Crippen molar-refractivity contribution in [1.29, 1.82) is 0 Å². The second-order valence-corrected chi connectivity index (χ2v) is 8.33. The summed E-state index contributed by atoms with van der Waals surface area (Å²) in [5.41, 5.74) is 2.37. The molecule has 10 heteroatoms. The van der Waals surface area contributed by atoms with E-state index in [0.717, 1.165) is 24.0 Å². The van der Waals surface area contributed by atoms with Gasteiger partial charge in [-0.3, -0.25) is 19.7 Å². The highest BCUT2D eigenvalue weighted by Crippen LogP contribution is 2.28. The molecule has 4 rings (SSSR count). The highest BCUT2D eigenvalue weighted by Gasteiger charge is 2.25. The fourth-order valence-electron chi connectivity index (χ4n) is 4.14. The topological polar surface area (TPSA) is 95.8 Å². The molecule has 1 atom stereocenters. The molecule has 0 aliphatic carbocycles. The predicted octanol–water partition coefficient (Wildman–Crippen LogP) is 1.92. The summed E-state index contributed by atoms with van der Waals surface area (Å²) in [6, 6.07) is 11.1. The van der Waals surface area contributed by atoms with E-state index < -0.39 is 5.82 Å². The molecule has 2 N–H and O–H groups in total. The molecule has 186 valence electrons. The Morgan fingerprint density at radius 1 is 1.29 bits per heavy atom. The third-order valence-electron chi connectivity index (χ3n) is 6.11. The molecule has 0 spiro atoms. The van der Waals surface area contributed by atoms with Crippen molar-refractivity contribution < 1.29 is 14.2 Å². The number of anilines is 2. The van der Waals surface area contributed by atoms with Gasteiger partial charge in [0, 0.05) is 50.2 Å². The minimum atomic E-state index is -0.521. The van der Waals surface area contributed by atoms with Gasteiger partial charge in [0.2, 0.25) is 5.95 Å². The van der Waals surface area contributed by atoms with Crippen LogP contribution in [0.25, 0.3) is 11.3 Å². The van der Waals surface area contributed by atoms with Crippen LogP contribution in [0.3, 0.4) is 0 Å². The predicted molar refractivity (Wildman–Crippen MR) is 133 cm³/mol. The van der Waals surface area contributed by atoms with Gasteiger partial charge in [-0.1, -0.05) is 12.1 Å². The Hall–Kier alpha value is -3.34. The Bertz CT molecular complexity index is 1190. The maximum absolute atomic E-state index is 14.3. The first-order valence-corrected chi connectivity index (χ1v) is 11.7. The van der Waals surface area contributed by atoms with Gasteiger partial charge in [-0.05, 0) is 30.7 Å². The molecule has 1 fully saturated rings. The number of ether oxygens (including phenoxy) is 1. The number of aliphatic hydroxyl groups is 1. The minimum Gasteiger partial charge on any atom is -0.395 e. The van der Waals surface area contributed by atoms with E-state index in [1.54, 1.807) is 7.05 Å². The molecule has 0 amide bonds.